The van der Waals surface area contributed by atoms with E-state index in [0.717, 1.165) is 6.54 Å². The molecule has 94 valence electrons. The molecule has 17 heavy (non-hydrogen) atoms. The number of carbonyl (C=O) groups is 1. The summed E-state index contributed by atoms with van der Waals surface area (Å²) in [6.45, 7) is 1.50. The van der Waals surface area contributed by atoms with Crippen LogP contribution in [0, 0.1) is 0 Å². The van der Waals surface area contributed by atoms with Gasteiger partial charge < -0.3 is 9.80 Å². The second-order valence-corrected chi connectivity index (χ2v) is 4.97. The van der Waals surface area contributed by atoms with E-state index in [1.807, 2.05) is 19.0 Å². The molecule has 1 amide bonds. The Hall–Kier alpha value is -0.770. The van der Waals surface area contributed by atoms with Crippen LogP contribution in [0.5, 0.6) is 0 Å². The highest BCUT2D eigenvalue weighted by atomic mass is 35.5. The van der Waals surface area contributed by atoms with E-state index in [-0.39, 0.29) is 5.91 Å². The van der Waals surface area contributed by atoms with Crippen molar-refractivity contribution in [3.8, 4) is 0 Å². The predicted molar refractivity (Wildman–Crippen MR) is 72.0 cm³/mol. The van der Waals surface area contributed by atoms with Crippen molar-refractivity contribution in [3.63, 3.8) is 0 Å². The average molecular weight is 275 g/mol. The van der Waals surface area contributed by atoms with Gasteiger partial charge in [-0.3, -0.25) is 4.79 Å². The van der Waals surface area contributed by atoms with Gasteiger partial charge in [0, 0.05) is 25.7 Å². The lowest BCUT2D eigenvalue weighted by atomic mass is 10.2. The Morgan fingerprint density at radius 3 is 2.29 bits per heavy atom. The van der Waals surface area contributed by atoms with Crippen LogP contribution in [-0.2, 0) is 0 Å². The SMILES string of the molecule is CN(C)CCN(C)C(=O)c1ccc(Cl)c(Cl)c1. The molecule has 1 rings (SSSR count). The van der Waals surface area contributed by atoms with E-state index < -0.39 is 0 Å². The first kappa shape index (κ1) is 14.3. The Morgan fingerprint density at radius 2 is 1.76 bits per heavy atom. The van der Waals surface area contributed by atoms with Gasteiger partial charge in [0.2, 0.25) is 0 Å². The standard InChI is InChI=1S/C12H16Cl2N2O/c1-15(2)6-7-16(3)12(17)9-4-5-10(13)11(14)8-9/h4-5,8H,6-7H2,1-3H3. The molecule has 0 aliphatic rings. The third-order valence-electron chi connectivity index (χ3n) is 2.40. The number of benzene rings is 1. The first-order chi connectivity index (χ1) is 7.91. The van der Waals surface area contributed by atoms with Crippen molar-refractivity contribution < 1.29 is 4.79 Å². The Bertz CT molecular complexity index is 407. The normalized spacial score (nSPS) is 10.7. The number of amides is 1. The molecule has 0 aliphatic carbocycles. The van der Waals surface area contributed by atoms with Crippen LogP contribution in [0.1, 0.15) is 10.4 Å². The third kappa shape index (κ3) is 4.19. The van der Waals surface area contributed by atoms with E-state index >= 15 is 0 Å². The van der Waals surface area contributed by atoms with Crippen LogP contribution in [-0.4, -0.2) is 49.9 Å². The molecule has 0 atom stereocenters. The molecule has 0 aromatic heterocycles. The van der Waals surface area contributed by atoms with Gasteiger partial charge in [-0.15, -0.1) is 0 Å². The van der Waals surface area contributed by atoms with Crippen molar-refractivity contribution in [2.75, 3.05) is 34.2 Å². The number of nitrogens with zero attached hydrogens (tertiary/aromatic N) is 2. The number of rotatable bonds is 4. The summed E-state index contributed by atoms with van der Waals surface area (Å²) in [5, 5.41) is 0.859. The molecule has 5 heteroatoms. The van der Waals surface area contributed by atoms with Gasteiger partial charge >= 0.3 is 0 Å². The molecule has 0 saturated carbocycles. The molecule has 0 unspecified atom stereocenters. The Balaban J connectivity index is 2.71. The van der Waals surface area contributed by atoms with E-state index in [9.17, 15) is 4.79 Å². The molecular weight excluding hydrogens is 259 g/mol. The zero-order valence-corrected chi connectivity index (χ0v) is 11.7. The minimum absolute atomic E-state index is 0.0505. The maximum atomic E-state index is 12.0. The molecule has 3 nitrogen and oxygen atoms in total. The molecule has 0 saturated heterocycles. The lowest BCUT2D eigenvalue weighted by molar-refractivity contribution is 0.0786. The topological polar surface area (TPSA) is 23.6 Å². The zero-order valence-electron chi connectivity index (χ0n) is 10.2. The Labute approximate surface area is 112 Å². The van der Waals surface area contributed by atoms with Crippen LogP contribution < -0.4 is 0 Å². The predicted octanol–water partition coefficient (Wildman–Crippen LogP) is 2.63. The van der Waals surface area contributed by atoms with Gasteiger partial charge in [-0.1, -0.05) is 23.2 Å². The number of likely N-dealkylation sites (N-methyl/N-ethyl adjacent to an activating group) is 2. The lowest BCUT2D eigenvalue weighted by Crippen LogP contribution is -2.33. The van der Waals surface area contributed by atoms with E-state index in [2.05, 4.69) is 0 Å². The summed E-state index contributed by atoms with van der Waals surface area (Å²) in [5.74, 6) is -0.0505. The molecular formula is C12H16Cl2N2O. The molecule has 1 aromatic carbocycles. The van der Waals surface area contributed by atoms with Crippen LogP contribution in [0.15, 0.2) is 18.2 Å². The number of hydrogen-bond acceptors (Lipinski definition) is 2. The molecule has 0 aliphatic heterocycles. The first-order valence-corrected chi connectivity index (χ1v) is 6.02. The summed E-state index contributed by atoms with van der Waals surface area (Å²) in [5.41, 5.74) is 0.556. The second-order valence-electron chi connectivity index (χ2n) is 4.16. The highest BCUT2D eigenvalue weighted by Crippen LogP contribution is 2.23. The quantitative estimate of drug-likeness (QED) is 0.843. The highest BCUT2D eigenvalue weighted by Gasteiger charge is 2.12. The molecule has 1 aromatic rings. The van der Waals surface area contributed by atoms with Gasteiger partial charge in [0.1, 0.15) is 0 Å². The summed E-state index contributed by atoms with van der Waals surface area (Å²) >= 11 is 11.7. The summed E-state index contributed by atoms with van der Waals surface area (Å²) in [7, 11) is 5.71. The van der Waals surface area contributed by atoms with Gasteiger partial charge in [-0.25, -0.2) is 0 Å². The molecule has 0 N–H and O–H groups in total. The van der Waals surface area contributed by atoms with E-state index in [0.29, 0.717) is 22.2 Å². The van der Waals surface area contributed by atoms with E-state index in [1.165, 1.54) is 0 Å². The maximum absolute atomic E-state index is 12.0. The minimum atomic E-state index is -0.0505. The van der Waals surface area contributed by atoms with Crippen LogP contribution in [0.4, 0.5) is 0 Å². The summed E-state index contributed by atoms with van der Waals surface area (Å²) in [6.07, 6.45) is 0. The summed E-state index contributed by atoms with van der Waals surface area (Å²) < 4.78 is 0. The summed E-state index contributed by atoms with van der Waals surface area (Å²) in [6, 6.07) is 4.91. The van der Waals surface area contributed by atoms with Gasteiger partial charge in [0.25, 0.3) is 5.91 Å². The van der Waals surface area contributed by atoms with Crippen molar-refractivity contribution in [1.29, 1.82) is 0 Å². The van der Waals surface area contributed by atoms with Gasteiger partial charge in [0.15, 0.2) is 0 Å². The largest absolute Gasteiger partial charge is 0.340 e. The molecule has 0 fully saturated rings. The fourth-order valence-corrected chi connectivity index (χ4v) is 1.60. The Morgan fingerprint density at radius 1 is 1.12 bits per heavy atom. The average Bonchev–Trinajstić information content (AvgIpc) is 2.28. The number of carbonyl (C=O) groups excluding carboxylic acids is 1. The molecule has 0 heterocycles. The minimum Gasteiger partial charge on any atom is -0.340 e. The van der Waals surface area contributed by atoms with Gasteiger partial charge in [0.05, 0.1) is 10.0 Å². The van der Waals surface area contributed by atoms with Gasteiger partial charge in [-0.2, -0.15) is 0 Å². The highest BCUT2D eigenvalue weighted by molar-refractivity contribution is 6.42. The van der Waals surface area contributed by atoms with Crippen LogP contribution >= 0.6 is 23.2 Å². The van der Waals surface area contributed by atoms with Gasteiger partial charge in [-0.05, 0) is 32.3 Å². The van der Waals surface area contributed by atoms with Crippen molar-refractivity contribution in [2.24, 2.45) is 0 Å². The van der Waals surface area contributed by atoms with E-state index in [4.69, 9.17) is 23.2 Å². The van der Waals surface area contributed by atoms with Crippen molar-refractivity contribution in [2.45, 2.75) is 0 Å². The van der Waals surface area contributed by atoms with Crippen molar-refractivity contribution in [3.05, 3.63) is 33.8 Å². The third-order valence-corrected chi connectivity index (χ3v) is 3.13. The molecule has 0 bridgehead atoms. The monoisotopic (exact) mass is 274 g/mol. The van der Waals surface area contributed by atoms with Crippen LogP contribution in [0.25, 0.3) is 0 Å². The fraction of sp³-hybridized carbons (Fsp3) is 0.417. The number of halogens is 2. The molecule has 0 radical (unpaired) electrons. The molecule has 0 spiro atoms. The van der Waals surface area contributed by atoms with Crippen molar-refractivity contribution in [1.82, 2.24) is 9.80 Å². The van der Waals surface area contributed by atoms with Crippen molar-refractivity contribution >= 4 is 29.1 Å². The smallest absolute Gasteiger partial charge is 0.253 e. The van der Waals surface area contributed by atoms with Crippen LogP contribution in [0.2, 0.25) is 10.0 Å². The zero-order chi connectivity index (χ0) is 13.0. The fourth-order valence-electron chi connectivity index (χ4n) is 1.30. The Kier molecular flexibility index (Phi) is 5.25. The lowest BCUT2D eigenvalue weighted by Gasteiger charge is -2.19. The first-order valence-electron chi connectivity index (χ1n) is 5.27. The van der Waals surface area contributed by atoms with E-state index in [1.54, 1.807) is 30.1 Å². The second kappa shape index (κ2) is 6.24. The number of hydrogen-bond donors (Lipinski definition) is 0. The summed E-state index contributed by atoms with van der Waals surface area (Å²) in [4.78, 5) is 15.7. The maximum Gasteiger partial charge on any atom is 0.253 e. The van der Waals surface area contributed by atoms with Crippen LogP contribution in [0.3, 0.4) is 0 Å².